The molecule has 0 saturated heterocycles. The van der Waals surface area contributed by atoms with Gasteiger partial charge < -0.3 is 20.1 Å². The summed E-state index contributed by atoms with van der Waals surface area (Å²) >= 11 is 0. The molecule has 3 aromatic rings. The largest absolute Gasteiger partial charge is 0.492 e. The van der Waals surface area contributed by atoms with Gasteiger partial charge in [-0.3, -0.25) is 14.5 Å². The van der Waals surface area contributed by atoms with Gasteiger partial charge in [-0.05, 0) is 92.4 Å². The smallest absolute Gasteiger partial charge is 0.273 e. The molecule has 248 valence electrons. The average Bonchev–Trinajstić information content (AvgIpc) is 3.01. The van der Waals surface area contributed by atoms with Gasteiger partial charge in [-0.1, -0.05) is 58.0 Å². The molecule has 0 aliphatic carbocycles. The van der Waals surface area contributed by atoms with Gasteiger partial charge in [0.1, 0.15) is 12.4 Å². The van der Waals surface area contributed by atoms with Gasteiger partial charge in [-0.25, -0.2) is 5.43 Å². The fraction of sp³-hybridized carbons (Fsp3) is 0.432. The lowest BCUT2D eigenvalue weighted by Gasteiger charge is -2.25. The van der Waals surface area contributed by atoms with Crippen LogP contribution in [0.3, 0.4) is 0 Å². The molecule has 0 radical (unpaired) electrons. The number of ether oxygens (including phenoxy) is 1. The number of aliphatic hydroxyl groups is 1. The number of anilines is 1. The third kappa shape index (κ3) is 11.7. The van der Waals surface area contributed by atoms with E-state index in [4.69, 9.17) is 4.74 Å². The summed E-state index contributed by atoms with van der Waals surface area (Å²) in [5.41, 5.74) is 7.80. The molecule has 2 amide bonds. The molecule has 9 heteroatoms. The van der Waals surface area contributed by atoms with Crippen LogP contribution in [0.5, 0.6) is 5.75 Å². The number of benzene rings is 3. The normalized spacial score (nSPS) is 12.2. The highest BCUT2D eigenvalue weighted by atomic mass is 16.5. The monoisotopic (exact) mass is 629 g/mol. The van der Waals surface area contributed by atoms with E-state index in [2.05, 4.69) is 53.3 Å². The maximum Gasteiger partial charge on any atom is 0.273 e. The van der Waals surface area contributed by atoms with Crippen molar-refractivity contribution in [1.82, 2.24) is 15.2 Å². The Kier molecular flexibility index (Phi) is 14.4. The van der Waals surface area contributed by atoms with E-state index < -0.39 is 12.0 Å². The van der Waals surface area contributed by atoms with Crippen LogP contribution in [0.15, 0.2) is 65.8 Å². The molecule has 3 N–H and O–H groups in total. The van der Waals surface area contributed by atoms with Gasteiger partial charge in [-0.15, -0.1) is 0 Å². The number of carbonyl (C=O) groups excluding carboxylic acids is 2. The fourth-order valence-corrected chi connectivity index (χ4v) is 5.17. The number of aryl methyl sites for hydroxylation is 2. The zero-order valence-corrected chi connectivity index (χ0v) is 28.5. The van der Waals surface area contributed by atoms with Crippen molar-refractivity contribution in [3.8, 4) is 5.75 Å². The van der Waals surface area contributed by atoms with Crippen LogP contribution in [-0.4, -0.2) is 78.4 Å². The highest BCUT2D eigenvalue weighted by Crippen LogP contribution is 2.24. The van der Waals surface area contributed by atoms with Crippen molar-refractivity contribution in [1.29, 1.82) is 0 Å². The Morgan fingerprint density at radius 1 is 0.913 bits per heavy atom. The second-order valence-electron chi connectivity index (χ2n) is 12.2. The molecule has 0 aliphatic rings. The number of rotatable bonds is 17. The molecule has 0 fully saturated rings. The number of amides is 2. The first kappa shape index (κ1) is 36.4. The Hall–Kier alpha value is -4.05. The van der Waals surface area contributed by atoms with Crippen molar-refractivity contribution in [2.45, 2.75) is 61.1 Å². The number of aliphatic hydroxyl groups excluding tert-OH is 1. The van der Waals surface area contributed by atoms with Crippen LogP contribution in [0.2, 0.25) is 0 Å². The summed E-state index contributed by atoms with van der Waals surface area (Å²) < 4.78 is 5.99. The van der Waals surface area contributed by atoms with Crippen molar-refractivity contribution in [2.75, 3.05) is 44.6 Å². The second kappa shape index (κ2) is 18.2. The molecule has 0 aliphatic heterocycles. The fourth-order valence-electron chi connectivity index (χ4n) is 5.17. The van der Waals surface area contributed by atoms with Gasteiger partial charge in [0.05, 0.1) is 23.6 Å². The van der Waals surface area contributed by atoms with E-state index in [1.807, 2.05) is 50.2 Å². The summed E-state index contributed by atoms with van der Waals surface area (Å²) in [6.07, 6.45) is 1.14. The maximum absolute atomic E-state index is 13.5. The highest BCUT2D eigenvalue weighted by Gasteiger charge is 2.17. The Labute approximate surface area is 274 Å². The van der Waals surface area contributed by atoms with Crippen molar-refractivity contribution in [2.24, 2.45) is 11.0 Å². The molecule has 0 bridgehead atoms. The quantitative estimate of drug-likeness (QED) is 0.127. The molecule has 9 nitrogen and oxygen atoms in total. The van der Waals surface area contributed by atoms with E-state index in [1.54, 1.807) is 37.4 Å². The van der Waals surface area contributed by atoms with E-state index in [0.29, 0.717) is 42.6 Å². The van der Waals surface area contributed by atoms with Crippen LogP contribution in [0.1, 0.15) is 77.6 Å². The van der Waals surface area contributed by atoms with Crippen LogP contribution in [0, 0.1) is 19.8 Å². The van der Waals surface area contributed by atoms with Gasteiger partial charge in [0.15, 0.2) is 0 Å². The summed E-state index contributed by atoms with van der Waals surface area (Å²) in [6.45, 7) is 19.4. The summed E-state index contributed by atoms with van der Waals surface area (Å²) in [5, 5.41) is 17.1. The summed E-state index contributed by atoms with van der Waals surface area (Å²) in [6, 6.07) is 18.4. The van der Waals surface area contributed by atoms with Crippen molar-refractivity contribution in [3.63, 3.8) is 0 Å². The number of nitrogens with zero attached hydrogens (tertiary/aromatic N) is 3. The molecule has 0 spiro atoms. The summed E-state index contributed by atoms with van der Waals surface area (Å²) in [5.74, 6) is 0.152. The number of hydrazone groups is 1. The van der Waals surface area contributed by atoms with Crippen LogP contribution < -0.4 is 15.5 Å². The highest BCUT2D eigenvalue weighted by molar-refractivity contribution is 6.09. The van der Waals surface area contributed by atoms with Gasteiger partial charge in [0.2, 0.25) is 0 Å². The SMILES string of the molecule is CCN(CC)CCOc1ccc(NC(=O)c2cccc(CN(CC(C)C)CC(C)O)c2)c(C(=O)N/N=C/c2ccc(C)c(C)c2)c1. The predicted octanol–water partition coefficient (Wildman–Crippen LogP) is 5.88. The number of hydrogen-bond acceptors (Lipinski definition) is 7. The van der Waals surface area contributed by atoms with E-state index >= 15 is 0 Å². The minimum Gasteiger partial charge on any atom is -0.492 e. The Bertz CT molecular complexity index is 1460. The minimum atomic E-state index is -0.472. The van der Waals surface area contributed by atoms with Gasteiger partial charge in [0, 0.05) is 31.7 Å². The molecule has 46 heavy (non-hydrogen) atoms. The number of likely N-dealkylation sites (N-methyl/N-ethyl adjacent to an activating group) is 1. The zero-order valence-electron chi connectivity index (χ0n) is 28.5. The molecule has 3 rings (SSSR count). The molecule has 0 saturated carbocycles. The third-order valence-corrected chi connectivity index (χ3v) is 7.71. The standard InChI is InChI=1S/C37H51N5O4/c1-8-41(9-2)17-18-46-33-15-16-35(34(21-33)37(45)40-38-22-30-14-13-27(5)28(6)19-30)39-36(44)32-12-10-11-31(20-32)25-42(23-26(3)4)24-29(7)43/h10-16,19-22,26,29,43H,8-9,17-18,23-25H2,1-7H3,(H,39,44)(H,40,45)/b38-22+. The van der Waals surface area contributed by atoms with E-state index in [-0.39, 0.29) is 11.5 Å². The second-order valence-corrected chi connectivity index (χ2v) is 12.2. The van der Waals surface area contributed by atoms with Gasteiger partial charge in [-0.2, -0.15) is 5.10 Å². The lowest BCUT2D eigenvalue weighted by molar-refractivity contribution is 0.0955. The van der Waals surface area contributed by atoms with Crippen molar-refractivity contribution in [3.05, 3.63) is 94.0 Å². The first-order chi connectivity index (χ1) is 22.0. The average molecular weight is 630 g/mol. The first-order valence-electron chi connectivity index (χ1n) is 16.2. The van der Waals surface area contributed by atoms with E-state index in [1.165, 1.54) is 5.56 Å². The van der Waals surface area contributed by atoms with Crippen molar-refractivity contribution >= 4 is 23.7 Å². The van der Waals surface area contributed by atoms with Gasteiger partial charge in [0.25, 0.3) is 11.8 Å². The molecule has 1 unspecified atom stereocenters. The predicted molar refractivity (Wildman–Crippen MR) is 187 cm³/mol. The molecule has 0 aromatic heterocycles. The molecular formula is C37H51N5O4. The van der Waals surface area contributed by atoms with Crippen LogP contribution in [0.4, 0.5) is 5.69 Å². The van der Waals surface area contributed by atoms with Crippen molar-refractivity contribution < 1.29 is 19.4 Å². The molecule has 1 atom stereocenters. The number of carbonyl (C=O) groups is 2. The Balaban J connectivity index is 1.81. The van der Waals surface area contributed by atoms with E-state index in [9.17, 15) is 14.7 Å². The topological polar surface area (TPSA) is 107 Å². The first-order valence-corrected chi connectivity index (χ1v) is 16.2. The van der Waals surface area contributed by atoms with E-state index in [0.717, 1.165) is 42.9 Å². The third-order valence-electron chi connectivity index (χ3n) is 7.71. The maximum atomic E-state index is 13.5. The summed E-state index contributed by atoms with van der Waals surface area (Å²) in [4.78, 5) is 31.3. The molecule has 0 heterocycles. The number of hydrogen-bond donors (Lipinski definition) is 3. The van der Waals surface area contributed by atoms with Gasteiger partial charge >= 0.3 is 0 Å². The van der Waals surface area contributed by atoms with Crippen LogP contribution in [-0.2, 0) is 6.54 Å². The minimum absolute atomic E-state index is 0.238. The number of nitrogens with one attached hydrogen (secondary N) is 2. The zero-order chi connectivity index (χ0) is 33.6. The van der Waals surface area contributed by atoms with Crippen LogP contribution in [0.25, 0.3) is 0 Å². The Morgan fingerprint density at radius 3 is 2.35 bits per heavy atom. The summed E-state index contributed by atoms with van der Waals surface area (Å²) in [7, 11) is 0. The molecule has 3 aromatic carbocycles. The van der Waals surface area contributed by atoms with Crippen LogP contribution >= 0.6 is 0 Å². The molecular weight excluding hydrogens is 578 g/mol. The lowest BCUT2D eigenvalue weighted by Crippen LogP contribution is -2.33. The lowest BCUT2D eigenvalue weighted by atomic mass is 10.1. The Morgan fingerprint density at radius 2 is 1.67 bits per heavy atom.